The average molecular weight is 296 g/mol. The molecule has 0 saturated heterocycles. The third-order valence-electron chi connectivity index (χ3n) is 2.80. The molecule has 0 amide bonds. The maximum absolute atomic E-state index is 12.1. The van der Waals surface area contributed by atoms with Crippen LogP contribution in [0.3, 0.4) is 0 Å². The number of aromatic nitrogens is 1. The highest BCUT2D eigenvalue weighted by atomic mass is 79.9. The van der Waals surface area contributed by atoms with Crippen molar-refractivity contribution >= 4 is 32.6 Å². The number of hydrogen-bond donors (Lipinski definition) is 1. The maximum atomic E-state index is 12.1. The molecule has 17 heavy (non-hydrogen) atoms. The van der Waals surface area contributed by atoms with Gasteiger partial charge in [-0.05, 0) is 32.0 Å². The van der Waals surface area contributed by atoms with Gasteiger partial charge in [-0.3, -0.25) is 4.79 Å². The Labute approximate surface area is 108 Å². The number of fused-ring (bicyclic) bond motifs is 1. The molecular formula is C13H14BrNO2. The van der Waals surface area contributed by atoms with Gasteiger partial charge in [0.15, 0.2) is 5.78 Å². The first-order valence-electron chi connectivity index (χ1n) is 5.39. The smallest absolute Gasteiger partial charge is 0.178 e. The summed E-state index contributed by atoms with van der Waals surface area (Å²) in [6.45, 7) is 3.75. The van der Waals surface area contributed by atoms with Gasteiger partial charge in [0.25, 0.3) is 0 Å². The first kappa shape index (κ1) is 12.2. The summed E-state index contributed by atoms with van der Waals surface area (Å²) in [7, 11) is 1.62. The Morgan fingerprint density at radius 3 is 2.76 bits per heavy atom. The van der Waals surface area contributed by atoms with Gasteiger partial charge >= 0.3 is 0 Å². The summed E-state index contributed by atoms with van der Waals surface area (Å²) in [6.07, 6.45) is 0. The molecule has 4 heteroatoms. The van der Waals surface area contributed by atoms with E-state index in [1.165, 1.54) is 0 Å². The molecule has 0 aliphatic carbocycles. The van der Waals surface area contributed by atoms with Gasteiger partial charge in [0.2, 0.25) is 0 Å². The predicted molar refractivity (Wildman–Crippen MR) is 72.3 cm³/mol. The van der Waals surface area contributed by atoms with Gasteiger partial charge in [0.1, 0.15) is 5.75 Å². The van der Waals surface area contributed by atoms with Gasteiger partial charge in [-0.25, -0.2) is 0 Å². The van der Waals surface area contributed by atoms with Crippen molar-refractivity contribution in [2.75, 3.05) is 7.11 Å². The molecule has 2 aromatic rings. The first-order valence-corrected chi connectivity index (χ1v) is 6.30. The van der Waals surface area contributed by atoms with Crippen molar-refractivity contribution in [1.82, 2.24) is 4.98 Å². The SMILES string of the molecule is COc1ccc2[nH]c(C)c(C(=O)C(C)Br)c2c1. The zero-order valence-corrected chi connectivity index (χ0v) is 11.6. The summed E-state index contributed by atoms with van der Waals surface area (Å²) < 4.78 is 5.19. The molecule has 2 rings (SSSR count). The van der Waals surface area contributed by atoms with E-state index in [1.807, 2.05) is 32.0 Å². The van der Waals surface area contributed by atoms with Gasteiger partial charge in [0.05, 0.1) is 11.9 Å². The Morgan fingerprint density at radius 1 is 1.47 bits per heavy atom. The van der Waals surface area contributed by atoms with E-state index in [0.717, 1.165) is 27.9 Å². The molecule has 1 unspecified atom stereocenters. The molecule has 0 saturated carbocycles. The van der Waals surface area contributed by atoms with Crippen LogP contribution in [0.15, 0.2) is 18.2 Å². The topological polar surface area (TPSA) is 42.1 Å². The van der Waals surface area contributed by atoms with Crippen molar-refractivity contribution in [1.29, 1.82) is 0 Å². The van der Waals surface area contributed by atoms with E-state index in [-0.39, 0.29) is 10.6 Å². The second-order valence-electron chi connectivity index (χ2n) is 4.02. The number of ether oxygens (including phenoxy) is 1. The number of hydrogen-bond acceptors (Lipinski definition) is 2. The third kappa shape index (κ3) is 2.09. The van der Waals surface area contributed by atoms with Crippen molar-refractivity contribution in [2.24, 2.45) is 0 Å². The molecule has 0 bridgehead atoms. The number of aryl methyl sites for hydroxylation is 1. The number of ketones is 1. The third-order valence-corrected chi connectivity index (χ3v) is 3.22. The Hall–Kier alpha value is -1.29. The summed E-state index contributed by atoms with van der Waals surface area (Å²) in [4.78, 5) is 15.2. The molecule has 90 valence electrons. The van der Waals surface area contributed by atoms with Crippen LogP contribution in [0.5, 0.6) is 5.75 Å². The van der Waals surface area contributed by atoms with Crippen LogP contribution in [0.25, 0.3) is 10.9 Å². The molecule has 1 N–H and O–H groups in total. The van der Waals surface area contributed by atoms with E-state index < -0.39 is 0 Å². The minimum absolute atomic E-state index is 0.0852. The second kappa shape index (κ2) is 4.53. The van der Waals surface area contributed by atoms with E-state index in [2.05, 4.69) is 20.9 Å². The highest BCUT2D eigenvalue weighted by Crippen LogP contribution is 2.28. The van der Waals surface area contributed by atoms with E-state index in [0.29, 0.717) is 0 Å². The monoisotopic (exact) mass is 295 g/mol. The Morgan fingerprint density at radius 2 is 2.18 bits per heavy atom. The van der Waals surface area contributed by atoms with Crippen LogP contribution in [0.4, 0.5) is 0 Å². The normalized spacial score (nSPS) is 12.7. The molecule has 1 aromatic carbocycles. The number of benzene rings is 1. The maximum Gasteiger partial charge on any atom is 0.178 e. The highest BCUT2D eigenvalue weighted by molar-refractivity contribution is 9.10. The minimum Gasteiger partial charge on any atom is -0.497 e. The molecule has 0 spiro atoms. The lowest BCUT2D eigenvalue weighted by atomic mass is 10.0. The zero-order valence-electron chi connectivity index (χ0n) is 10.0. The van der Waals surface area contributed by atoms with Crippen LogP contribution < -0.4 is 4.74 Å². The fourth-order valence-corrected chi connectivity index (χ4v) is 2.18. The average Bonchev–Trinajstić information content (AvgIpc) is 2.62. The van der Waals surface area contributed by atoms with E-state index in [9.17, 15) is 4.79 Å². The number of Topliss-reactive ketones (excluding diaryl/α,β-unsaturated/α-hetero) is 1. The van der Waals surface area contributed by atoms with Gasteiger partial charge in [0, 0.05) is 22.2 Å². The van der Waals surface area contributed by atoms with E-state index in [1.54, 1.807) is 7.11 Å². The predicted octanol–water partition coefficient (Wildman–Crippen LogP) is 3.45. The molecule has 1 atom stereocenters. The number of methoxy groups -OCH3 is 1. The fourth-order valence-electron chi connectivity index (χ4n) is 1.95. The molecule has 0 aliphatic heterocycles. The number of carbonyl (C=O) groups is 1. The highest BCUT2D eigenvalue weighted by Gasteiger charge is 2.19. The number of aromatic amines is 1. The van der Waals surface area contributed by atoms with Crippen LogP contribution >= 0.6 is 15.9 Å². The summed E-state index contributed by atoms with van der Waals surface area (Å²) in [5, 5.41) is 0.915. The van der Waals surface area contributed by atoms with Crippen LogP contribution in [-0.2, 0) is 0 Å². The minimum atomic E-state index is -0.189. The van der Waals surface area contributed by atoms with Crippen LogP contribution in [0.2, 0.25) is 0 Å². The molecule has 0 radical (unpaired) electrons. The fraction of sp³-hybridized carbons (Fsp3) is 0.308. The standard InChI is InChI=1S/C13H14BrNO2/c1-7(14)13(16)12-8(2)15-11-5-4-9(17-3)6-10(11)12/h4-7,15H,1-3H3. The lowest BCUT2D eigenvalue weighted by Crippen LogP contribution is -2.10. The van der Waals surface area contributed by atoms with Crippen LogP contribution in [0.1, 0.15) is 23.0 Å². The first-order chi connectivity index (χ1) is 8.04. The summed E-state index contributed by atoms with van der Waals surface area (Å²) >= 11 is 3.32. The summed E-state index contributed by atoms with van der Waals surface area (Å²) in [5.74, 6) is 0.842. The number of carbonyl (C=O) groups excluding carboxylic acids is 1. The molecule has 1 aromatic heterocycles. The number of H-pyrrole nitrogens is 1. The molecule has 0 fully saturated rings. The summed E-state index contributed by atoms with van der Waals surface area (Å²) in [5.41, 5.74) is 2.59. The van der Waals surface area contributed by atoms with Gasteiger partial charge in [-0.2, -0.15) is 0 Å². The van der Waals surface area contributed by atoms with Gasteiger partial charge in [-0.15, -0.1) is 0 Å². The van der Waals surface area contributed by atoms with Gasteiger partial charge in [-0.1, -0.05) is 15.9 Å². The Balaban J connectivity index is 2.68. The molecular weight excluding hydrogens is 282 g/mol. The van der Waals surface area contributed by atoms with Crippen molar-refractivity contribution < 1.29 is 9.53 Å². The number of halogens is 1. The Kier molecular flexibility index (Phi) is 3.24. The van der Waals surface area contributed by atoms with Crippen molar-refractivity contribution in [3.8, 4) is 5.75 Å². The molecule has 3 nitrogen and oxygen atoms in total. The number of alkyl halides is 1. The van der Waals surface area contributed by atoms with E-state index in [4.69, 9.17) is 4.74 Å². The van der Waals surface area contributed by atoms with Gasteiger partial charge < -0.3 is 9.72 Å². The largest absolute Gasteiger partial charge is 0.497 e. The second-order valence-corrected chi connectivity index (χ2v) is 5.39. The van der Waals surface area contributed by atoms with Crippen LogP contribution in [-0.4, -0.2) is 22.7 Å². The van der Waals surface area contributed by atoms with Crippen molar-refractivity contribution in [3.05, 3.63) is 29.5 Å². The number of nitrogens with one attached hydrogen (secondary N) is 1. The summed E-state index contributed by atoms with van der Waals surface area (Å²) in [6, 6.07) is 5.70. The van der Waals surface area contributed by atoms with E-state index >= 15 is 0 Å². The lowest BCUT2D eigenvalue weighted by molar-refractivity contribution is 0.0997. The lowest BCUT2D eigenvalue weighted by Gasteiger charge is -2.04. The zero-order chi connectivity index (χ0) is 12.6. The van der Waals surface area contributed by atoms with Crippen molar-refractivity contribution in [3.63, 3.8) is 0 Å². The Bertz CT molecular complexity index is 572. The quantitative estimate of drug-likeness (QED) is 0.696. The molecule has 1 heterocycles. The van der Waals surface area contributed by atoms with Crippen LogP contribution in [0, 0.1) is 6.92 Å². The number of rotatable bonds is 3. The molecule has 0 aliphatic rings. The van der Waals surface area contributed by atoms with Crippen molar-refractivity contribution in [2.45, 2.75) is 18.7 Å².